The van der Waals surface area contributed by atoms with Gasteiger partial charge in [-0.1, -0.05) is 0 Å². The van der Waals surface area contributed by atoms with Crippen LogP contribution in [0.25, 0.3) is 0 Å². The molecule has 4 rings (SSSR count). The Kier molecular flexibility index (Phi) is 5.32. The normalized spacial score (nSPS) is 19.2. The van der Waals surface area contributed by atoms with Crippen molar-refractivity contribution in [2.24, 2.45) is 0 Å². The Balaban J connectivity index is 1.72. The van der Waals surface area contributed by atoms with E-state index in [1.807, 2.05) is 37.5 Å². The highest BCUT2D eigenvalue weighted by Gasteiger charge is 2.39. The zero-order valence-electron chi connectivity index (χ0n) is 18.8. The molecule has 1 aromatic rings. The van der Waals surface area contributed by atoms with E-state index < -0.39 is 5.60 Å². The van der Waals surface area contributed by atoms with Crippen LogP contribution in [0.5, 0.6) is 5.75 Å². The number of carbonyl (C=O) groups is 2. The molecule has 164 valence electrons. The predicted octanol–water partition coefficient (Wildman–Crippen LogP) is 4.48. The SMILES string of the molecule is CCN1CCCN(c2cc3c(c(C4CC4)c2OC)CN(C(=O)OC(C)(C)C)C3)C1=O. The first-order valence-corrected chi connectivity index (χ1v) is 11.0. The van der Waals surface area contributed by atoms with Crippen molar-refractivity contribution in [2.45, 2.75) is 71.6 Å². The molecule has 0 aromatic heterocycles. The third-order valence-electron chi connectivity index (χ3n) is 6.04. The molecule has 1 saturated carbocycles. The molecule has 0 atom stereocenters. The molecule has 1 aliphatic carbocycles. The summed E-state index contributed by atoms with van der Waals surface area (Å²) in [5.41, 5.74) is 3.75. The van der Waals surface area contributed by atoms with Crippen molar-refractivity contribution in [3.63, 3.8) is 0 Å². The van der Waals surface area contributed by atoms with Gasteiger partial charge in [-0.15, -0.1) is 0 Å². The van der Waals surface area contributed by atoms with Gasteiger partial charge in [0.2, 0.25) is 0 Å². The van der Waals surface area contributed by atoms with Crippen molar-refractivity contribution < 1.29 is 19.1 Å². The first-order chi connectivity index (χ1) is 14.2. The quantitative estimate of drug-likeness (QED) is 0.728. The van der Waals surface area contributed by atoms with Crippen LogP contribution in [-0.4, -0.2) is 54.3 Å². The van der Waals surface area contributed by atoms with Crippen LogP contribution in [-0.2, 0) is 17.8 Å². The summed E-state index contributed by atoms with van der Waals surface area (Å²) in [5, 5.41) is 0. The molecule has 2 fully saturated rings. The number of ether oxygens (including phenoxy) is 2. The lowest BCUT2D eigenvalue weighted by molar-refractivity contribution is 0.0241. The van der Waals surface area contributed by atoms with Crippen LogP contribution in [0.2, 0.25) is 0 Å². The van der Waals surface area contributed by atoms with Crippen molar-refractivity contribution in [1.29, 1.82) is 0 Å². The average molecular weight is 416 g/mol. The van der Waals surface area contributed by atoms with Gasteiger partial charge in [0.05, 0.1) is 19.3 Å². The van der Waals surface area contributed by atoms with E-state index in [-0.39, 0.29) is 12.1 Å². The fourth-order valence-electron chi connectivity index (χ4n) is 4.52. The van der Waals surface area contributed by atoms with Gasteiger partial charge in [-0.3, -0.25) is 9.80 Å². The third-order valence-corrected chi connectivity index (χ3v) is 6.04. The molecule has 7 nitrogen and oxygen atoms in total. The van der Waals surface area contributed by atoms with E-state index in [0.717, 1.165) is 42.8 Å². The first-order valence-electron chi connectivity index (χ1n) is 11.0. The number of hydrogen-bond acceptors (Lipinski definition) is 4. The summed E-state index contributed by atoms with van der Waals surface area (Å²) >= 11 is 0. The number of methoxy groups -OCH3 is 1. The van der Waals surface area contributed by atoms with Crippen LogP contribution >= 0.6 is 0 Å². The molecule has 0 bridgehead atoms. The van der Waals surface area contributed by atoms with Gasteiger partial charge in [-0.2, -0.15) is 0 Å². The second-order valence-electron chi connectivity index (χ2n) is 9.46. The van der Waals surface area contributed by atoms with Crippen LogP contribution in [0.15, 0.2) is 6.07 Å². The molecular formula is C23H33N3O4. The van der Waals surface area contributed by atoms with Crippen LogP contribution in [0.3, 0.4) is 0 Å². The fourth-order valence-corrected chi connectivity index (χ4v) is 4.52. The minimum absolute atomic E-state index is 0.0331. The Labute approximate surface area is 178 Å². The molecule has 0 unspecified atom stereocenters. The summed E-state index contributed by atoms with van der Waals surface area (Å²) in [6.45, 7) is 10.9. The summed E-state index contributed by atoms with van der Waals surface area (Å²) in [6, 6.07) is 2.09. The monoisotopic (exact) mass is 415 g/mol. The van der Waals surface area contributed by atoms with E-state index in [1.54, 1.807) is 12.0 Å². The molecule has 1 aromatic carbocycles. The van der Waals surface area contributed by atoms with Crippen LogP contribution in [0.1, 0.15) is 69.6 Å². The van der Waals surface area contributed by atoms with Crippen molar-refractivity contribution in [3.8, 4) is 5.75 Å². The van der Waals surface area contributed by atoms with E-state index in [2.05, 4.69) is 6.07 Å². The number of nitrogens with zero attached hydrogens (tertiary/aromatic N) is 3. The average Bonchev–Trinajstić information content (AvgIpc) is 3.43. The van der Waals surface area contributed by atoms with Gasteiger partial charge in [-0.25, -0.2) is 9.59 Å². The van der Waals surface area contributed by atoms with Gasteiger partial charge in [0.25, 0.3) is 0 Å². The van der Waals surface area contributed by atoms with Crippen LogP contribution in [0, 0.1) is 0 Å². The van der Waals surface area contributed by atoms with Crippen LogP contribution in [0.4, 0.5) is 15.3 Å². The zero-order chi connectivity index (χ0) is 21.6. The fraction of sp³-hybridized carbons (Fsp3) is 0.652. The smallest absolute Gasteiger partial charge is 0.410 e. The van der Waals surface area contributed by atoms with E-state index in [0.29, 0.717) is 32.1 Å². The highest BCUT2D eigenvalue weighted by atomic mass is 16.6. The molecule has 7 heteroatoms. The second kappa shape index (κ2) is 7.67. The summed E-state index contributed by atoms with van der Waals surface area (Å²) in [7, 11) is 1.68. The lowest BCUT2D eigenvalue weighted by atomic mass is 9.96. The van der Waals surface area contributed by atoms with E-state index >= 15 is 0 Å². The van der Waals surface area contributed by atoms with Gasteiger partial charge < -0.3 is 14.4 Å². The lowest BCUT2D eigenvalue weighted by Gasteiger charge is -2.36. The Morgan fingerprint density at radius 1 is 1.20 bits per heavy atom. The van der Waals surface area contributed by atoms with Crippen LogP contribution < -0.4 is 9.64 Å². The van der Waals surface area contributed by atoms with Gasteiger partial charge in [-0.05, 0) is 70.1 Å². The largest absolute Gasteiger partial charge is 0.494 e. The van der Waals surface area contributed by atoms with Crippen molar-refractivity contribution in [2.75, 3.05) is 31.6 Å². The van der Waals surface area contributed by atoms with Gasteiger partial charge >= 0.3 is 12.1 Å². The minimum atomic E-state index is -0.530. The molecule has 3 aliphatic rings. The number of benzene rings is 1. The highest BCUT2D eigenvalue weighted by Crippen LogP contribution is 2.52. The highest BCUT2D eigenvalue weighted by molar-refractivity contribution is 5.95. The Morgan fingerprint density at radius 3 is 2.53 bits per heavy atom. The second-order valence-corrected chi connectivity index (χ2v) is 9.46. The van der Waals surface area contributed by atoms with Gasteiger partial charge in [0.1, 0.15) is 11.4 Å². The molecule has 1 saturated heterocycles. The maximum atomic E-state index is 13.1. The Morgan fingerprint density at radius 2 is 1.93 bits per heavy atom. The first kappa shape index (κ1) is 20.8. The van der Waals surface area contributed by atoms with Crippen molar-refractivity contribution in [1.82, 2.24) is 9.80 Å². The van der Waals surface area contributed by atoms with E-state index in [4.69, 9.17) is 9.47 Å². The van der Waals surface area contributed by atoms with Gasteiger partial charge in [0.15, 0.2) is 0 Å². The van der Waals surface area contributed by atoms with Crippen molar-refractivity contribution in [3.05, 3.63) is 22.8 Å². The number of carbonyl (C=O) groups excluding carboxylic acids is 2. The molecule has 2 heterocycles. The summed E-state index contributed by atoms with van der Waals surface area (Å²) in [4.78, 5) is 31.2. The van der Waals surface area contributed by atoms with E-state index in [1.165, 1.54) is 11.1 Å². The molecule has 3 amide bonds. The summed E-state index contributed by atoms with van der Waals surface area (Å²) < 4.78 is 11.5. The maximum Gasteiger partial charge on any atom is 0.410 e. The number of fused-ring (bicyclic) bond motifs is 1. The molecule has 0 N–H and O–H groups in total. The number of amides is 3. The predicted molar refractivity (Wildman–Crippen MR) is 115 cm³/mol. The number of anilines is 1. The summed E-state index contributed by atoms with van der Waals surface area (Å²) in [6.07, 6.45) is 2.87. The standard InChI is InChI=1S/C23H33N3O4/c1-6-24-10-7-11-26(21(24)27)18-12-16-13-25(22(28)30-23(2,3)4)14-17(16)19(15-8-9-15)20(18)29-5/h12,15H,6-11,13-14H2,1-5H3. The van der Waals surface area contributed by atoms with E-state index in [9.17, 15) is 9.59 Å². The minimum Gasteiger partial charge on any atom is -0.494 e. The molecule has 0 spiro atoms. The number of urea groups is 1. The molecule has 0 radical (unpaired) electrons. The number of hydrogen-bond donors (Lipinski definition) is 0. The van der Waals surface area contributed by atoms with Crippen molar-refractivity contribution >= 4 is 17.8 Å². The maximum absolute atomic E-state index is 13.1. The topological polar surface area (TPSA) is 62.3 Å². The number of rotatable bonds is 4. The molecule has 30 heavy (non-hydrogen) atoms. The Bertz CT molecular complexity index is 857. The van der Waals surface area contributed by atoms with Gasteiger partial charge in [0, 0.05) is 31.7 Å². The molecule has 2 aliphatic heterocycles. The molecular weight excluding hydrogens is 382 g/mol. The third kappa shape index (κ3) is 3.82. The zero-order valence-corrected chi connectivity index (χ0v) is 18.8. The Hall–Kier alpha value is -2.44. The lowest BCUT2D eigenvalue weighted by Crippen LogP contribution is -2.49. The summed E-state index contributed by atoms with van der Waals surface area (Å²) in [5.74, 6) is 1.24.